The average Bonchev–Trinajstić information content (AvgIpc) is 2.33. The molecule has 19 heavy (non-hydrogen) atoms. The molecule has 0 saturated heterocycles. The van der Waals surface area contributed by atoms with Crippen molar-refractivity contribution in [1.29, 1.82) is 0 Å². The van der Waals surface area contributed by atoms with Crippen LogP contribution in [-0.4, -0.2) is 42.6 Å². The molecule has 0 aromatic heterocycles. The fourth-order valence-corrected chi connectivity index (χ4v) is 3.43. The van der Waals surface area contributed by atoms with Crippen molar-refractivity contribution in [2.24, 2.45) is 0 Å². The van der Waals surface area contributed by atoms with E-state index in [2.05, 4.69) is 0 Å². The molecule has 0 saturated carbocycles. The average molecular weight is 303 g/mol. The van der Waals surface area contributed by atoms with Gasteiger partial charge in [-0.25, -0.2) is 8.42 Å². The molecule has 0 aliphatic heterocycles. The molecular weight excluding hydrogens is 290 g/mol. The number of nitro groups is 1. The third-order valence-electron chi connectivity index (χ3n) is 2.21. The van der Waals surface area contributed by atoms with Crippen molar-refractivity contribution in [3.8, 4) is 0 Å². The lowest BCUT2D eigenvalue weighted by Crippen LogP contribution is -2.08. The van der Waals surface area contributed by atoms with Gasteiger partial charge in [0.2, 0.25) is 0 Å². The van der Waals surface area contributed by atoms with Crippen LogP contribution >= 0.6 is 11.8 Å². The Kier molecular flexibility index (Phi) is 5.49. The van der Waals surface area contributed by atoms with Gasteiger partial charge in [0.15, 0.2) is 5.78 Å². The van der Waals surface area contributed by atoms with Crippen molar-refractivity contribution < 1.29 is 18.1 Å². The summed E-state index contributed by atoms with van der Waals surface area (Å²) in [6, 6.07) is 5.49. The monoisotopic (exact) mass is 303 g/mol. The number of carbonyl (C=O) groups is 1. The molecule has 1 rings (SSSR count). The molecule has 0 spiro atoms. The lowest BCUT2D eigenvalue weighted by atomic mass is 10.1. The van der Waals surface area contributed by atoms with E-state index in [0.717, 1.165) is 6.26 Å². The number of nitrogens with zero attached hydrogens (tertiary/aromatic N) is 1. The number of hydrogen-bond acceptors (Lipinski definition) is 6. The van der Waals surface area contributed by atoms with Gasteiger partial charge in [-0.15, -0.1) is 0 Å². The maximum Gasteiger partial charge on any atom is 0.270 e. The van der Waals surface area contributed by atoms with Crippen LogP contribution in [0.15, 0.2) is 24.3 Å². The summed E-state index contributed by atoms with van der Waals surface area (Å²) in [6.45, 7) is 0. The minimum absolute atomic E-state index is 0.0138. The predicted octanol–water partition coefficient (Wildman–Crippen LogP) is 1.56. The minimum atomic E-state index is -3.03. The number of non-ortho nitro benzene ring substituents is 1. The molecule has 8 heteroatoms. The SMILES string of the molecule is CS(=O)(=O)CCSCC(=O)c1cccc([N+](=O)[O-])c1. The summed E-state index contributed by atoms with van der Waals surface area (Å²) < 4.78 is 21.8. The summed E-state index contributed by atoms with van der Waals surface area (Å²) in [6.07, 6.45) is 1.13. The number of rotatable bonds is 7. The smallest absolute Gasteiger partial charge is 0.270 e. The van der Waals surface area contributed by atoms with Crippen LogP contribution in [0.3, 0.4) is 0 Å². The second-order valence-corrected chi connectivity index (χ2v) is 7.28. The van der Waals surface area contributed by atoms with Gasteiger partial charge >= 0.3 is 0 Å². The van der Waals surface area contributed by atoms with Crippen molar-refractivity contribution in [1.82, 2.24) is 0 Å². The zero-order valence-corrected chi connectivity index (χ0v) is 11.9. The highest BCUT2D eigenvalue weighted by molar-refractivity contribution is 8.01. The van der Waals surface area contributed by atoms with E-state index in [1.54, 1.807) is 0 Å². The number of benzene rings is 1. The second kappa shape index (κ2) is 6.67. The molecular formula is C11H13NO5S2. The van der Waals surface area contributed by atoms with Gasteiger partial charge in [-0.05, 0) is 0 Å². The third-order valence-corrected chi connectivity index (χ3v) is 4.37. The zero-order valence-electron chi connectivity index (χ0n) is 10.2. The quantitative estimate of drug-likeness (QED) is 0.328. The molecule has 6 nitrogen and oxygen atoms in total. The van der Waals surface area contributed by atoms with Crippen molar-refractivity contribution in [2.45, 2.75) is 0 Å². The van der Waals surface area contributed by atoms with Crippen molar-refractivity contribution in [3.63, 3.8) is 0 Å². The Balaban J connectivity index is 2.54. The van der Waals surface area contributed by atoms with Crippen LogP contribution in [0.4, 0.5) is 5.69 Å². The number of sulfone groups is 1. The summed E-state index contributed by atoms with van der Waals surface area (Å²) in [5.41, 5.74) is 0.132. The fourth-order valence-electron chi connectivity index (χ4n) is 1.25. The Morgan fingerprint density at radius 1 is 1.42 bits per heavy atom. The van der Waals surface area contributed by atoms with Gasteiger partial charge in [0.25, 0.3) is 5.69 Å². The first-order chi connectivity index (χ1) is 8.79. The second-order valence-electron chi connectivity index (χ2n) is 3.91. The summed E-state index contributed by atoms with van der Waals surface area (Å²) in [7, 11) is -3.03. The van der Waals surface area contributed by atoms with Crippen LogP contribution in [-0.2, 0) is 9.84 Å². The first kappa shape index (κ1) is 15.6. The molecule has 0 heterocycles. The lowest BCUT2D eigenvalue weighted by molar-refractivity contribution is -0.384. The largest absolute Gasteiger partial charge is 0.293 e. The molecule has 0 aliphatic carbocycles. The number of thioether (sulfide) groups is 1. The molecule has 0 unspecified atom stereocenters. The van der Waals surface area contributed by atoms with E-state index >= 15 is 0 Å². The van der Waals surface area contributed by atoms with Crippen LogP contribution in [0.25, 0.3) is 0 Å². The highest BCUT2D eigenvalue weighted by atomic mass is 32.2. The Bertz CT molecular complexity index is 583. The molecule has 1 aromatic rings. The molecule has 0 fully saturated rings. The van der Waals surface area contributed by atoms with E-state index in [9.17, 15) is 23.3 Å². The van der Waals surface area contributed by atoms with Crippen molar-refractivity contribution in [2.75, 3.05) is 23.5 Å². The molecule has 104 valence electrons. The van der Waals surface area contributed by atoms with Crippen LogP contribution < -0.4 is 0 Å². The Morgan fingerprint density at radius 2 is 2.11 bits per heavy atom. The minimum Gasteiger partial charge on any atom is -0.293 e. The third kappa shape index (κ3) is 5.84. The molecule has 0 aliphatic rings. The fraction of sp³-hybridized carbons (Fsp3) is 0.364. The van der Waals surface area contributed by atoms with Crippen LogP contribution in [0.5, 0.6) is 0 Å². The number of ketones is 1. The Labute approximate surface area is 115 Å². The van der Waals surface area contributed by atoms with Crippen molar-refractivity contribution >= 4 is 33.1 Å². The number of Topliss-reactive ketones (excluding diaryl/α,β-unsaturated/α-hetero) is 1. The van der Waals surface area contributed by atoms with Gasteiger partial charge in [-0.3, -0.25) is 14.9 Å². The van der Waals surface area contributed by atoms with Gasteiger partial charge in [-0.2, -0.15) is 11.8 Å². The molecule has 1 aromatic carbocycles. The highest BCUT2D eigenvalue weighted by Gasteiger charge is 2.12. The van der Waals surface area contributed by atoms with E-state index in [1.807, 2.05) is 0 Å². The summed E-state index contributed by atoms with van der Waals surface area (Å²) in [5, 5.41) is 10.6. The number of hydrogen-bond donors (Lipinski definition) is 0. The Hall–Kier alpha value is -1.41. The van der Waals surface area contributed by atoms with Gasteiger partial charge in [-0.1, -0.05) is 12.1 Å². The van der Waals surface area contributed by atoms with Crippen LogP contribution in [0.1, 0.15) is 10.4 Å². The normalized spacial score (nSPS) is 11.2. The van der Waals surface area contributed by atoms with E-state index in [1.165, 1.54) is 36.0 Å². The molecule has 0 bridgehead atoms. The summed E-state index contributed by atoms with van der Waals surface area (Å²) >= 11 is 1.20. The van der Waals surface area contributed by atoms with E-state index in [4.69, 9.17) is 0 Å². The maximum atomic E-state index is 11.8. The summed E-state index contributed by atoms with van der Waals surface area (Å²) in [5.74, 6) is 0.206. The molecule has 0 atom stereocenters. The Morgan fingerprint density at radius 3 is 2.68 bits per heavy atom. The first-order valence-electron chi connectivity index (χ1n) is 5.33. The first-order valence-corrected chi connectivity index (χ1v) is 8.54. The number of nitro benzene ring substituents is 1. The van der Waals surface area contributed by atoms with Crippen molar-refractivity contribution in [3.05, 3.63) is 39.9 Å². The molecule has 0 radical (unpaired) electrons. The maximum absolute atomic E-state index is 11.8. The predicted molar refractivity (Wildman–Crippen MR) is 74.5 cm³/mol. The molecule has 0 N–H and O–H groups in total. The molecule has 0 amide bonds. The van der Waals surface area contributed by atoms with Gasteiger partial charge < -0.3 is 0 Å². The van der Waals surface area contributed by atoms with E-state index < -0.39 is 14.8 Å². The summed E-state index contributed by atoms with van der Waals surface area (Å²) in [4.78, 5) is 21.8. The topological polar surface area (TPSA) is 94.3 Å². The van der Waals surface area contributed by atoms with E-state index in [0.29, 0.717) is 5.75 Å². The van der Waals surface area contributed by atoms with Gasteiger partial charge in [0, 0.05) is 29.7 Å². The standard InChI is InChI=1S/C11H13NO5S2/c1-19(16,17)6-5-18-8-11(13)9-3-2-4-10(7-9)12(14)15/h2-4,7H,5-6,8H2,1H3. The number of carbonyl (C=O) groups excluding carboxylic acids is 1. The lowest BCUT2D eigenvalue weighted by Gasteiger charge is -2.01. The zero-order chi connectivity index (χ0) is 14.5. The highest BCUT2D eigenvalue weighted by Crippen LogP contribution is 2.15. The van der Waals surface area contributed by atoms with Crippen LogP contribution in [0, 0.1) is 10.1 Å². The van der Waals surface area contributed by atoms with Gasteiger partial charge in [0.05, 0.1) is 16.4 Å². The van der Waals surface area contributed by atoms with Gasteiger partial charge in [0.1, 0.15) is 9.84 Å². The van der Waals surface area contributed by atoms with Crippen LogP contribution in [0.2, 0.25) is 0 Å². The van der Waals surface area contributed by atoms with E-state index in [-0.39, 0.29) is 28.5 Å².